The highest BCUT2D eigenvalue weighted by atomic mass is 32.2. The molecule has 0 bridgehead atoms. The Balaban J connectivity index is 1.56. The maximum atomic E-state index is 15.5. The number of carbonyl (C=O) groups is 2. The molecule has 1 amide bonds. The van der Waals surface area contributed by atoms with E-state index in [2.05, 4.69) is 47.8 Å². The Labute approximate surface area is 363 Å². The van der Waals surface area contributed by atoms with Gasteiger partial charge in [-0.3, -0.25) is 0 Å². The number of nitrogens with zero attached hydrogens (tertiary/aromatic N) is 1. The van der Waals surface area contributed by atoms with E-state index in [0.717, 1.165) is 26.6 Å². The Morgan fingerprint density at radius 1 is 0.678 bits per heavy atom. The number of methoxy groups -OCH3 is 2. The molecule has 0 spiro atoms. The fourth-order valence-electron chi connectivity index (χ4n) is 6.60. The third kappa shape index (κ3) is 11.1. The summed E-state index contributed by atoms with van der Waals surface area (Å²) in [5, 5.41) is 18.0. The zero-order valence-corrected chi connectivity index (χ0v) is 37.9. The summed E-state index contributed by atoms with van der Waals surface area (Å²) in [4.78, 5) is 36.4. The van der Waals surface area contributed by atoms with Gasteiger partial charge in [-0.2, -0.15) is 21.4 Å². The van der Waals surface area contributed by atoms with Crippen molar-refractivity contribution >= 4 is 78.6 Å². The van der Waals surface area contributed by atoms with Crippen LogP contribution in [0.3, 0.4) is 0 Å². The first kappa shape index (κ1) is 44.3. The van der Waals surface area contributed by atoms with Crippen LogP contribution in [0.4, 0.5) is 9.59 Å². The van der Waals surface area contributed by atoms with E-state index < -0.39 is 45.6 Å². The largest absolute Gasteiger partial charge is 0.561 e. The molecule has 0 fully saturated rings. The Kier molecular flexibility index (Phi) is 14.3. The number of hydrogen-bond acceptors (Lipinski definition) is 12. The summed E-state index contributed by atoms with van der Waals surface area (Å²) in [6.07, 6.45) is -3.32. The molecule has 0 aliphatic carbocycles. The zero-order valence-electron chi connectivity index (χ0n) is 34.6. The maximum Gasteiger partial charge on any atom is 0.561 e. The van der Waals surface area contributed by atoms with Crippen molar-refractivity contribution in [2.75, 3.05) is 20.0 Å². The second-order valence-electron chi connectivity index (χ2n) is 16.1. The molecule has 13 heteroatoms. The summed E-state index contributed by atoms with van der Waals surface area (Å²) in [7, 11) is 3.16. The van der Waals surface area contributed by atoms with Gasteiger partial charge in [0.05, 0.1) is 20.0 Å². The van der Waals surface area contributed by atoms with Crippen molar-refractivity contribution in [1.29, 1.82) is 0 Å². The quantitative estimate of drug-likeness (QED) is 0.0493. The van der Waals surface area contributed by atoms with Crippen LogP contribution in [-0.2, 0) is 25.8 Å². The lowest BCUT2D eigenvalue weighted by molar-refractivity contribution is -1.06. The van der Waals surface area contributed by atoms with Crippen LogP contribution in [0, 0.1) is 0 Å². The number of hydroxylamine groups is 3. The number of amides is 1. The van der Waals surface area contributed by atoms with E-state index in [1.807, 2.05) is 35.7 Å². The Hall–Kier alpha value is -4.24. The van der Waals surface area contributed by atoms with Gasteiger partial charge < -0.3 is 24.1 Å². The van der Waals surface area contributed by atoms with Crippen LogP contribution in [0.2, 0.25) is 0 Å². The van der Waals surface area contributed by atoms with E-state index in [4.69, 9.17) is 23.8 Å². The number of fused-ring (bicyclic) bond motifs is 2. The molecule has 0 radical (unpaired) electrons. The van der Waals surface area contributed by atoms with Crippen molar-refractivity contribution in [2.45, 2.75) is 81.8 Å². The van der Waals surface area contributed by atoms with Gasteiger partial charge in [0.1, 0.15) is 28.8 Å². The molecular weight excluding hydrogens is 823 g/mol. The van der Waals surface area contributed by atoms with E-state index in [1.54, 1.807) is 114 Å². The predicted molar refractivity (Wildman–Crippen MR) is 242 cm³/mol. The number of aliphatic hydroxyl groups is 1. The second kappa shape index (κ2) is 19.0. The average molecular weight is 875 g/mol. The molecule has 0 saturated heterocycles. The average Bonchev–Trinajstić information content (AvgIpc) is 3.87. The fourth-order valence-corrected chi connectivity index (χ4v) is 10.7. The monoisotopic (exact) mass is 874 g/mol. The van der Waals surface area contributed by atoms with Gasteiger partial charge in [0, 0.05) is 26.5 Å². The van der Waals surface area contributed by atoms with Crippen molar-refractivity contribution in [2.24, 2.45) is 0 Å². The van der Waals surface area contributed by atoms with Crippen molar-refractivity contribution in [3.63, 3.8) is 0 Å². The predicted octanol–water partition coefficient (Wildman–Crippen LogP) is 12.7. The SMILES string of the molecule is COc1ccc(C(CSCc2ccc3sccc3c2)[N@+](OC(=O)OC(C)(C)C)(C(=O)OC(C)(C)C)C(SCc2ccc3sccc3c2)[C@@H](O)c2ccc(OC)cc2)cc1. The summed E-state index contributed by atoms with van der Waals surface area (Å²) in [6, 6.07) is 30.2. The lowest BCUT2D eigenvalue weighted by Gasteiger charge is -2.44. The highest BCUT2D eigenvalue weighted by Crippen LogP contribution is 2.48. The van der Waals surface area contributed by atoms with E-state index in [0.29, 0.717) is 34.1 Å². The summed E-state index contributed by atoms with van der Waals surface area (Å²) >= 11 is 6.25. The lowest BCUT2D eigenvalue weighted by Crippen LogP contribution is -2.64. The topological polar surface area (TPSA) is 101 Å². The zero-order chi connectivity index (χ0) is 42.4. The molecular formula is C46H52NO8S4+. The van der Waals surface area contributed by atoms with Gasteiger partial charge in [-0.15, -0.1) is 22.7 Å². The number of ether oxygens (including phenoxy) is 4. The number of hydrogen-bond donors (Lipinski definition) is 1. The molecule has 6 aromatic rings. The molecule has 2 heterocycles. The smallest absolute Gasteiger partial charge is 0.497 e. The highest BCUT2D eigenvalue weighted by molar-refractivity contribution is 7.99. The highest BCUT2D eigenvalue weighted by Gasteiger charge is 2.62. The van der Waals surface area contributed by atoms with Crippen LogP contribution in [0.25, 0.3) is 20.2 Å². The molecule has 6 rings (SSSR count). The molecule has 0 saturated carbocycles. The molecule has 4 aromatic carbocycles. The molecule has 0 aliphatic heterocycles. The molecule has 2 unspecified atom stereocenters. The third-order valence-electron chi connectivity index (χ3n) is 9.36. The fraction of sp³-hybridized carbons (Fsp3) is 0.348. The standard InChI is InChI=1S/C46H52NO8S4/c1-45(2,3)53-43(49)47(55-44(50)54-46(4,5)6,38(32-11-15-36(51-7)16-12-32)29-56-27-30-9-19-39-34(25-30)21-23-57-39)42(41(48)33-13-17-37(52-8)18-14-33)59-28-31-10-20-40-35(26-31)22-24-58-40/h9-26,38,41-42,48H,27-29H2,1-8H3/q+1/t38?,41-,42?,47+/m0/s1. The van der Waals surface area contributed by atoms with Crippen LogP contribution in [0.1, 0.15) is 75.9 Å². The van der Waals surface area contributed by atoms with Crippen molar-refractivity contribution in [3.05, 3.63) is 130 Å². The van der Waals surface area contributed by atoms with Crippen LogP contribution in [0.15, 0.2) is 108 Å². The van der Waals surface area contributed by atoms with Crippen LogP contribution in [0.5, 0.6) is 11.5 Å². The Morgan fingerprint density at radius 3 is 1.69 bits per heavy atom. The van der Waals surface area contributed by atoms with Gasteiger partial charge in [-0.25, -0.2) is 4.84 Å². The van der Waals surface area contributed by atoms with Crippen LogP contribution < -0.4 is 9.47 Å². The van der Waals surface area contributed by atoms with E-state index in [9.17, 15) is 9.90 Å². The number of carbonyl (C=O) groups excluding carboxylic acids is 2. The van der Waals surface area contributed by atoms with E-state index in [1.165, 1.54) is 16.5 Å². The maximum absolute atomic E-state index is 15.5. The van der Waals surface area contributed by atoms with Gasteiger partial charge in [0.2, 0.25) is 5.37 Å². The van der Waals surface area contributed by atoms with Gasteiger partial charge in [0.25, 0.3) is 0 Å². The summed E-state index contributed by atoms with van der Waals surface area (Å²) in [5.41, 5.74) is 1.22. The normalized spacial score (nSPS) is 14.6. The lowest BCUT2D eigenvalue weighted by atomic mass is 10.0. The summed E-state index contributed by atoms with van der Waals surface area (Å²) < 4.78 is 24.4. The van der Waals surface area contributed by atoms with E-state index in [-0.39, 0.29) is 5.75 Å². The minimum absolute atomic E-state index is 0.267. The minimum atomic E-state index is -1.38. The Bertz CT molecular complexity index is 2330. The van der Waals surface area contributed by atoms with Gasteiger partial charge >= 0.3 is 12.2 Å². The minimum Gasteiger partial charge on any atom is -0.497 e. The first-order valence-corrected chi connectivity index (χ1v) is 23.2. The number of thiophene rings is 2. The third-order valence-corrected chi connectivity index (χ3v) is 13.7. The van der Waals surface area contributed by atoms with Crippen molar-refractivity contribution in [1.82, 2.24) is 0 Å². The number of aliphatic hydroxyl groups excluding tert-OH is 1. The van der Waals surface area contributed by atoms with Gasteiger partial charge in [-0.05, 0) is 157 Å². The van der Waals surface area contributed by atoms with Crippen molar-refractivity contribution in [3.8, 4) is 11.5 Å². The first-order valence-electron chi connectivity index (χ1n) is 19.2. The van der Waals surface area contributed by atoms with Crippen LogP contribution in [-0.4, -0.2) is 58.5 Å². The second-order valence-corrected chi connectivity index (χ2v) is 20.1. The molecule has 4 atom stereocenters. The summed E-state index contributed by atoms with van der Waals surface area (Å²) in [6.45, 7) is 10.5. The first-order chi connectivity index (χ1) is 28.1. The van der Waals surface area contributed by atoms with Gasteiger partial charge in [-0.1, -0.05) is 36.0 Å². The summed E-state index contributed by atoms with van der Waals surface area (Å²) in [5.74, 6) is 2.43. The molecule has 9 nitrogen and oxygen atoms in total. The molecule has 1 N–H and O–H groups in total. The Morgan fingerprint density at radius 2 is 1.19 bits per heavy atom. The van der Waals surface area contributed by atoms with Crippen LogP contribution >= 0.6 is 46.2 Å². The number of quaternary nitrogens is 1. The molecule has 0 aliphatic rings. The molecule has 312 valence electrons. The number of thioether (sulfide) groups is 2. The molecule has 2 aromatic heterocycles. The number of rotatable bonds is 14. The van der Waals surface area contributed by atoms with Crippen molar-refractivity contribution < 1.29 is 43.1 Å². The van der Waals surface area contributed by atoms with Gasteiger partial charge in [0.15, 0.2) is 6.04 Å². The number of benzene rings is 4. The molecule has 59 heavy (non-hydrogen) atoms. The van der Waals surface area contributed by atoms with E-state index >= 15 is 4.79 Å².